The molecule has 0 unspecified atom stereocenters. The fourth-order valence-corrected chi connectivity index (χ4v) is 4.52. The number of nitrogens with one attached hydrogen (secondary N) is 1. The number of carbonyl (C=O) groups excluding carboxylic acids is 1. The number of carbonyl (C=O) groups is 1. The van der Waals surface area contributed by atoms with E-state index in [0.29, 0.717) is 18.7 Å². The van der Waals surface area contributed by atoms with E-state index < -0.39 is 10.0 Å². The second kappa shape index (κ2) is 6.79. The smallest absolute Gasteiger partial charge is 0.261 e. The molecule has 0 bridgehead atoms. The van der Waals surface area contributed by atoms with Crippen LogP contribution in [0.25, 0.3) is 11.1 Å². The number of fused-ring (bicyclic) bond motifs is 1. The second-order valence-corrected chi connectivity index (χ2v) is 8.48. The summed E-state index contributed by atoms with van der Waals surface area (Å²) < 4.78 is 30.1. The molecule has 7 nitrogen and oxygen atoms in total. The van der Waals surface area contributed by atoms with Gasteiger partial charge in [0.1, 0.15) is 0 Å². The predicted molar refractivity (Wildman–Crippen MR) is 108 cm³/mol. The van der Waals surface area contributed by atoms with Crippen LogP contribution in [-0.2, 0) is 28.3 Å². The molecule has 0 spiro atoms. The van der Waals surface area contributed by atoms with Crippen molar-refractivity contribution in [2.45, 2.75) is 18.2 Å². The zero-order valence-electron chi connectivity index (χ0n) is 15.6. The van der Waals surface area contributed by atoms with Crippen LogP contribution in [-0.4, -0.2) is 30.7 Å². The van der Waals surface area contributed by atoms with Crippen LogP contribution in [0, 0.1) is 0 Å². The second-order valence-electron chi connectivity index (χ2n) is 6.80. The van der Waals surface area contributed by atoms with Gasteiger partial charge in [0.25, 0.3) is 10.0 Å². The van der Waals surface area contributed by atoms with Crippen LogP contribution >= 0.6 is 0 Å². The molecule has 0 saturated heterocycles. The third kappa shape index (κ3) is 3.38. The van der Waals surface area contributed by atoms with Crippen molar-refractivity contribution in [2.24, 2.45) is 7.05 Å². The first-order chi connectivity index (χ1) is 13.3. The molecule has 1 aromatic heterocycles. The van der Waals surface area contributed by atoms with Crippen molar-refractivity contribution in [3.63, 3.8) is 0 Å². The summed E-state index contributed by atoms with van der Waals surface area (Å²) in [7, 11) is -1.91. The molecule has 144 valence electrons. The van der Waals surface area contributed by atoms with E-state index >= 15 is 0 Å². The number of hydrogen-bond donors (Lipinski definition) is 1. The number of sulfonamides is 1. The lowest BCUT2D eigenvalue weighted by Crippen LogP contribution is -2.25. The van der Waals surface area contributed by atoms with Crippen molar-refractivity contribution in [3.8, 4) is 11.1 Å². The summed E-state index contributed by atoms with van der Waals surface area (Å²) in [4.78, 5) is 13.5. The van der Waals surface area contributed by atoms with Gasteiger partial charge in [0.2, 0.25) is 5.91 Å². The quantitative estimate of drug-likeness (QED) is 0.735. The maximum atomic E-state index is 12.9. The Labute approximate surface area is 163 Å². The number of aromatic nitrogens is 2. The summed E-state index contributed by atoms with van der Waals surface area (Å²) in [6.45, 7) is 2.09. The standard InChI is InChI=1S/C20H20N4O3S/c1-14(25)24-9-8-16-11-19(6-7-20(16)24)28(26,27)22-18-5-3-4-15(10-18)17-12-21-23(2)13-17/h3-7,10-13,22H,8-9H2,1-2H3. The van der Waals surface area contributed by atoms with Crippen molar-refractivity contribution in [1.82, 2.24) is 9.78 Å². The Morgan fingerprint density at radius 3 is 2.68 bits per heavy atom. The van der Waals surface area contributed by atoms with Gasteiger partial charge in [0.05, 0.1) is 11.1 Å². The molecule has 28 heavy (non-hydrogen) atoms. The van der Waals surface area contributed by atoms with Gasteiger partial charge in [-0.05, 0) is 47.9 Å². The third-order valence-corrected chi connectivity index (χ3v) is 6.17. The lowest BCUT2D eigenvalue weighted by molar-refractivity contribution is -0.116. The number of aryl methyl sites for hydroxylation is 1. The van der Waals surface area contributed by atoms with Crippen molar-refractivity contribution in [2.75, 3.05) is 16.2 Å². The summed E-state index contributed by atoms with van der Waals surface area (Å²) in [5.74, 6) is -0.0419. The highest BCUT2D eigenvalue weighted by Gasteiger charge is 2.24. The first-order valence-corrected chi connectivity index (χ1v) is 10.3. The molecule has 0 aliphatic carbocycles. The first kappa shape index (κ1) is 18.2. The Balaban J connectivity index is 1.61. The number of benzene rings is 2. The number of rotatable bonds is 4. The van der Waals surface area contributed by atoms with Gasteiger partial charge in [-0.15, -0.1) is 0 Å². The summed E-state index contributed by atoms with van der Waals surface area (Å²) in [6, 6.07) is 12.1. The number of hydrogen-bond acceptors (Lipinski definition) is 4. The third-order valence-electron chi connectivity index (χ3n) is 4.79. The molecule has 0 radical (unpaired) electrons. The molecule has 2 aromatic carbocycles. The van der Waals surface area contributed by atoms with E-state index in [0.717, 1.165) is 22.4 Å². The molecule has 0 atom stereocenters. The lowest BCUT2D eigenvalue weighted by Gasteiger charge is -2.15. The molecule has 0 fully saturated rings. The first-order valence-electron chi connectivity index (χ1n) is 8.86. The monoisotopic (exact) mass is 396 g/mol. The lowest BCUT2D eigenvalue weighted by atomic mass is 10.1. The van der Waals surface area contributed by atoms with Crippen LogP contribution < -0.4 is 9.62 Å². The molecule has 1 N–H and O–H groups in total. The van der Waals surface area contributed by atoms with Crippen LogP contribution in [0.3, 0.4) is 0 Å². The Hall–Kier alpha value is -3.13. The number of nitrogens with zero attached hydrogens (tertiary/aromatic N) is 3. The highest BCUT2D eigenvalue weighted by Crippen LogP contribution is 2.31. The van der Waals surface area contributed by atoms with Gasteiger partial charge in [0.15, 0.2) is 0 Å². The molecule has 1 aliphatic rings. The minimum absolute atomic E-state index is 0.0419. The van der Waals surface area contributed by atoms with Gasteiger partial charge < -0.3 is 4.90 Å². The van der Waals surface area contributed by atoms with E-state index in [9.17, 15) is 13.2 Å². The van der Waals surface area contributed by atoms with Gasteiger partial charge in [-0.3, -0.25) is 14.2 Å². The minimum atomic E-state index is -3.74. The molecule has 4 rings (SSSR count). The van der Waals surface area contributed by atoms with Gasteiger partial charge in [-0.2, -0.15) is 5.10 Å². The van der Waals surface area contributed by atoms with E-state index in [1.54, 1.807) is 46.1 Å². The van der Waals surface area contributed by atoms with E-state index in [1.807, 2.05) is 19.3 Å². The SMILES string of the molecule is CC(=O)N1CCc2cc(S(=O)(=O)Nc3cccc(-c4cnn(C)c4)c3)ccc21. The molecular weight excluding hydrogens is 376 g/mol. The average molecular weight is 396 g/mol. The summed E-state index contributed by atoms with van der Waals surface area (Å²) >= 11 is 0. The van der Waals surface area contributed by atoms with Crippen molar-refractivity contribution in [1.29, 1.82) is 0 Å². The molecular formula is C20H20N4O3S. The van der Waals surface area contributed by atoms with E-state index in [1.165, 1.54) is 13.0 Å². The van der Waals surface area contributed by atoms with E-state index in [2.05, 4.69) is 9.82 Å². The Morgan fingerprint density at radius 1 is 1.14 bits per heavy atom. The van der Waals surface area contributed by atoms with Crippen LogP contribution in [0.15, 0.2) is 59.8 Å². The molecule has 2 heterocycles. The van der Waals surface area contributed by atoms with Crippen molar-refractivity contribution in [3.05, 3.63) is 60.4 Å². The number of amides is 1. The Kier molecular flexibility index (Phi) is 4.43. The highest BCUT2D eigenvalue weighted by atomic mass is 32.2. The maximum Gasteiger partial charge on any atom is 0.261 e. The molecule has 3 aromatic rings. The fraction of sp³-hybridized carbons (Fsp3) is 0.200. The average Bonchev–Trinajstić information content (AvgIpc) is 3.27. The maximum absolute atomic E-state index is 12.9. The molecule has 1 amide bonds. The minimum Gasteiger partial charge on any atom is -0.312 e. The Bertz CT molecular complexity index is 1170. The predicted octanol–water partition coefficient (Wildman–Crippen LogP) is 2.80. The molecule has 0 saturated carbocycles. The van der Waals surface area contributed by atoms with Crippen molar-refractivity contribution >= 4 is 27.3 Å². The molecule has 1 aliphatic heterocycles. The van der Waals surface area contributed by atoms with Gasteiger partial charge in [-0.25, -0.2) is 8.42 Å². The van der Waals surface area contributed by atoms with E-state index in [-0.39, 0.29) is 10.8 Å². The topological polar surface area (TPSA) is 84.3 Å². The van der Waals surface area contributed by atoms with Gasteiger partial charge in [-0.1, -0.05) is 12.1 Å². The van der Waals surface area contributed by atoms with Crippen molar-refractivity contribution < 1.29 is 13.2 Å². The molecule has 8 heteroatoms. The van der Waals surface area contributed by atoms with Crippen LogP contribution in [0.1, 0.15) is 12.5 Å². The van der Waals surface area contributed by atoms with Crippen LogP contribution in [0.2, 0.25) is 0 Å². The largest absolute Gasteiger partial charge is 0.312 e. The van der Waals surface area contributed by atoms with E-state index in [4.69, 9.17) is 0 Å². The zero-order chi connectivity index (χ0) is 19.9. The summed E-state index contributed by atoms with van der Waals surface area (Å²) in [5.41, 5.74) is 3.91. The highest BCUT2D eigenvalue weighted by molar-refractivity contribution is 7.92. The van der Waals surface area contributed by atoms with Crippen LogP contribution in [0.5, 0.6) is 0 Å². The normalized spacial score (nSPS) is 13.4. The number of anilines is 2. The fourth-order valence-electron chi connectivity index (χ4n) is 3.42. The summed E-state index contributed by atoms with van der Waals surface area (Å²) in [6.07, 6.45) is 4.25. The Morgan fingerprint density at radius 2 is 1.96 bits per heavy atom. The van der Waals surface area contributed by atoms with Crippen LogP contribution in [0.4, 0.5) is 11.4 Å². The zero-order valence-corrected chi connectivity index (χ0v) is 16.4. The van der Waals surface area contributed by atoms with Gasteiger partial charge in [0, 0.05) is 43.7 Å². The van der Waals surface area contributed by atoms with Gasteiger partial charge >= 0.3 is 0 Å². The summed E-state index contributed by atoms with van der Waals surface area (Å²) in [5, 5.41) is 4.15.